The Morgan fingerprint density at radius 1 is 1.40 bits per heavy atom. The van der Waals surface area contributed by atoms with Crippen molar-refractivity contribution < 1.29 is 8.42 Å². The van der Waals surface area contributed by atoms with Crippen molar-refractivity contribution in [1.82, 2.24) is 15.4 Å². The molecule has 1 heterocycles. The lowest BCUT2D eigenvalue weighted by atomic mass is 9.86. The van der Waals surface area contributed by atoms with E-state index in [9.17, 15) is 8.42 Å². The van der Waals surface area contributed by atoms with Crippen LogP contribution < -0.4 is 15.4 Å². The number of thiophene rings is 1. The topological polar surface area (TPSA) is 82.6 Å². The van der Waals surface area contributed by atoms with Crippen LogP contribution in [0.2, 0.25) is 0 Å². The Hall–Kier alpha value is -0.390. The van der Waals surface area contributed by atoms with Crippen LogP contribution in [0.5, 0.6) is 0 Å². The van der Waals surface area contributed by atoms with E-state index in [2.05, 4.69) is 44.1 Å². The van der Waals surface area contributed by atoms with Crippen LogP contribution in [-0.2, 0) is 10.0 Å². The van der Waals surface area contributed by atoms with Crippen LogP contribution in [0.4, 0.5) is 0 Å². The summed E-state index contributed by atoms with van der Waals surface area (Å²) in [4.78, 5) is 4.14. The Morgan fingerprint density at radius 2 is 2.16 bits per heavy atom. The fourth-order valence-corrected chi connectivity index (χ4v) is 4.25. The van der Waals surface area contributed by atoms with Crippen LogP contribution in [0.15, 0.2) is 21.8 Å². The number of halogens is 1. The van der Waals surface area contributed by atoms with Crippen molar-refractivity contribution in [2.24, 2.45) is 10.9 Å². The lowest BCUT2D eigenvalue weighted by Gasteiger charge is -2.25. The zero-order chi connectivity index (χ0) is 17.4. The number of guanidine groups is 1. The molecule has 1 unspecified atom stereocenters. The minimum Gasteiger partial charge on any atom is -0.356 e. The van der Waals surface area contributed by atoms with Gasteiger partial charge in [-0.15, -0.1) is 24.0 Å². The summed E-state index contributed by atoms with van der Waals surface area (Å²) < 4.78 is 26.6. The average Bonchev–Trinajstić information content (AvgIpc) is 3.03. The second kappa shape index (κ2) is 11.3. The number of rotatable bonds is 9. The number of aliphatic imine (C=N–C) groups is 1. The molecular formula is C16H29IN4O2S2. The first-order valence-corrected chi connectivity index (χ1v) is 11.0. The van der Waals surface area contributed by atoms with E-state index < -0.39 is 10.0 Å². The van der Waals surface area contributed by atoms with Crippen LogP contribution in [0.25, 0.3) is 0 Å². The van der Waals surface area contributed by atoms with Crippen LogP contribution in [-0.4, -0.2) is 46.8 Å². The average molecular weight is 500 g/mol. The number of hydrogen-bond donors (Lipinski definition) is 3. The van der Waals surface area contributed by atoms with Crippen LogP contribution in [0, 0.1) is 5.92 Å². The molecule has 0 amide bonds. The Morgan fingerprint density at radius 3 is 2.72 bits per heavy atom. The predicted molar refractivity (Wildman–Crippen MR) is 117 cm³/mol. The number of nitrogens with one attached hydrogen (secondary N) is 3. The molecule has 1 aliphatic rings. The van der Waals surface area contributed by atoms with Crippen LogP contribution >= 0.6 is 35.3 Å². The highest BCUT2D eigenvalue weighted by atomic mass is 127. The molecule has 1 aromatic heterocycles. The molecule has 0 radical (unpaired) electrons. The zero-order valence-electron chi connectivity index (χ0n) is 14.8. The van der Waals surface area contributed by atoms with Gasteiger partial charge in [-0.05, 0) is 47.1 Å². The number of sulfonamides is 1. The normalized spacial score (nSPS) is 16.6. The van der Waals surface area contributed by atoms with Gasteiger partial charge in [-0.2, -0.15) is 11.3 Å². The van der Waals surface area contributed by atoms with Gasteiger partial charge in [0.2, 0.25) is 10.0 Å². The monoisotopic (exact) mass is 500 g/mol. The van der Waals surface area contributed by atoms with E-state index in [1.54, 1.807) is 18.4 Å². The first kappa shape index (κ1) is 22.7. The quantitative estimate of drug-likeness (QED) is 0.276. The number of nitrogens with zero attached hydrogens (tertiary/aromatic N) is 1. The molecule has 2 rings (SSSR count). The van der Waals surface area contributed by atoms with Crippen molar-refractivity contribution in [3.63, 3.8) is 0 Å². The van der Waals surface area contributed by atoms with Crippen molar-refractivity contribution in [1.29, 1.82) is 0 Å². The van der Waals surface area contributed by atoms with Crippen molar-refractivity contribution in [3.8, 4) is 0 Å². The van der Waals surface area contributed by atoms with E-state index in [0.29, 0.717) is 30.9 Å². The Balaban J connectivity index is 0.00000312. The molecule has 1 atom stereocenters. The smallest absolute Gasteiger partial charge is 0.213 e. The third-order valence-corrected chi connectivity index (χ3v) is 6.44. The largest absolute Gasteiger partial charge is 0.356 e. The summed E-state index contributed by atoms with van der Waals surface area (Å²) in [5.74, 6) is 1.59. The highest BCUT2D eigenvalue weighted by Gasteiger charge is 2.20. The van der Waals surface area contributed by atoms with Crippen LogP contribution in [0.1, 0.15) is 37.7 Å². The van der Waals surface area contributed by atoms with E-state index >= 15 is 0 Å². The molecule has 0 aliphatic heterocycles. The van der Waals surface area contributed by atoms with Crippen molar-refractivity contribution in [2.45, 2.75) is 32.1 Å². The van der Waals surface area contributed by atoms with Crippen LogP contribution in [0.3, 0.4) is 0 Å². The van der Waals surface area contributed by atoms with Gasteiger partial charge in [-0.1, -0.05) is 13.3 Å². The Kier molecular flexibility index (Phi) is 10.3. The summed E-state index contributed by atoms with van der Waals surface area (Å²) in [6.45, 7) is 3.82. The van der Waals surface area contributed by atoms with Gasteiger partial charge in [0, 0.05) is 26.7 Å². The maximum absolute atomic E-state index is 12.0. The molecule has 6 nitrogen and oxygen atoms in total. The van der Waals surface area contributed by atoms with E-state index in [-0.39, 0.29) is 29.7 Å². The Labute approximate surface area is 172 Å². The summed E-state index contributed by atoms with van der Waals surface area (Å²) in [5.41, 5.74) is 1.30. The van der Waals surface area contributed by atoms with Gasteiger partial charge in [0.25, 0.3) is 0 Å². The lowest BCUT2D eigenvalue weighted by Crippen LogP contribution is -2.42. The Bertz CT molecular complexity index is 616. The van der Waals surface area contributed by atoms with E-state index in [4.69, 9.17) is 0 Å². The van der Waals surface area contributed by atoms with Crippen molar-refractivity contribution >= 4 is 51.3 Å². The van der Waals surface area contributed by atoms with E-state index in [1.165, 1.54) is 12.0 Å². The van der Waals surface area contributed by atoms with Gasteiger partial charge < -0.3 is 10.6 Å². The van der Waals surface area contributed by atoms with Gasteiger partial charge in [-0.3, -0.25) is 4.99 Å². The fraction of sp³-hybridized carbons (Fsp3) is 0.688. The van der Waals surface area contributed by atoms with Crippen molar-refractivity contribution in [3.05, 3.63) is 22.4 Å². The van der Waals surface area contributed by atoms with E-state index in [1.807, 2.05) is 0 Å². The van der Waals surface area contributed by atoms with Gasteiger partial charge >= 0.3 is 0 Å². The first-order chi connectivity index (χ1) is 11.5. The fourth-order valence-electron chi connectivity index (χ4n) is 2.46. The first-order valence-electron chi connectivity index (χ1n) is 8.44. The van der Waals surface area contributed by atoms with Gasteiger partial charge in [-0.25, -0.2) is 13.1 Å². The molecule has 3 N–H and O–H groups in total. The highest BCUT2D eigenvalue weighted by molar-refractivity contribution is 14.0. The third kappa shape index (κ3) is 8.23. The SMILES string of the molecule is CN=C(NCCS(=O)(=O)NCC1CCC1)NCC(C)c1ccsc1.I. The lowest BCUT2D eigenvalue weighted by molar-refractivity contribution is 0.316. The predicted octanol–water partition coefficient (Wildman–Crippen LogP) is 2.35. The molecule has 0 saturated heterocycles. The molecule has 0 aromatic carbocycles. The minimum absolute atomic E-state index is 0. The molecule has 1 saturated carbocycles. The minimum atomic E-state index is -3.22. The maximum Gasteiger partial charge on any atom is 0.213 e. The number of hydrogen-bond acceptors (Lipinski definition) is 4. The van der Waals surface area contributed by atoms with Gasteiger partial charge in [0.05, 0.1) is 5.75 Å². The third-order valence-electron chi connectivity index (χ3n) is 4.39. The zero-order valence-corrected chi connectivity index (χ0v) is 18.8. The summed E-state index contributed by atoms with van der Waals surface area (Å²) in [7, 11) is -1.53. The molecule has 1 aromatic rings. The molecule has 1 fully saturated rings. The molecule has 144 valence electrons. The molecule has 0 spiro atoms. The highest BCUT2D eigenvalue weighted by Crippen LogP contribution is 2.25. The van der Waals surface area contributed by atoms with Gasteiger partial charge in [0.1, 0.15) is 0 Å². The molecule has 25 heavy (non-hydrogen) atoms. The van der Waals surface area contributed by atoms with E-state index in [0.717, 1.165) is 19.4 Å². The molecule has 0 bridgehead atoms. The molecular weight excluding hydrogens is 471 g/mol. The molecule has 9 heteroatoms. The second-order valence-corrected chi connectivity index (χ2v) is 9.01. The summed E-state index contributed by atoms with van der Waals surface area (Å²) >= 11 is 1.69. The maximum atomic E-state index is 12.0. The summed E-state index contributed by atoms with van der Waals surface area (Å²) in [6.07, 6.45) is 3.50. The summed E-state index contributed by atoms with van der Waals surface area (Å²) in [5, 5.41) is 10.5. The van der Waals surface area contributed by atoms with Gasteiger partial charge in [0.15, 0.2) is 5.96 Å². The molecule has 1 aliphatic carbocycles. The van der Waals surface area contributed by atoms with Crippen molar-refractivity contribution in [2.75, 3.05) is 32.4 Å². The summed E-state index contributed by atoms with van der Waals surface area (Å²) in [6, 6.07) is 2.12. The standard InChI is InChI=1S/C16H28N4O2S2.HI/c1-13(15-6-8-23-12-15)10-19-16(17-2)18-7-9-24(21,22)20-11-14-4-3-5-14;/h6,8,12-14,20H,3-5,7,9-11H2,1-2H3,(H2,17,18,19);1H. The second-order valence-electron chi connectivity index (χ2n) is 6.30.